The summed E-state index contributed by atoms with van der Waals surface area (Å²) in [5.41, 5.74) is 0.154. The molecule has 0 amide bonds. The Kier molecular flexibility index (Phi) is 4.85. The third-order valence-electron chi connectivity index (χ3n) is 3.70. The molecule has 0 saturated heterocycles. The third-order valence-corrected chi connectivity index (χ3v) is 3.70. The number of hydrogen-bond donors (Lipinski definition) is 1. The lowest BCUT2D eigenvalue weighted by atomic mass is 9.72. The number of hydrogen-bond acceptors (Lipinski definition) is 1. The lowest BCUT2D eigenvalue weighted by Gasteiger charge is -2.39. The minimum Gasteiger partial charge on any atom is -0.384 e. The van der Waals surface area contributed by atoms with Crippen LogP contribution in [0.1, 0.15) is 38.3 Å². The molecule has 0 aromatic heterocycles. The van der Waals surface area contributed by atoms with E-state index in [2.05, 4.69) is 0 Å². The summed E-state index contributed by atoms with van der Waals surface area (Å²) in [5.74, 6) is -1.31. The van der Waals surface area contributed by atoms with Crippen LogP contribution >= 0.6 is 0 Å². The van der Waals surface area contributed by atoms with Crippen LogP contribution in [-0.4, -0.2) is 11.5 Å². The molecule has 0 bridgehead atoms. The van der Waals surface area contributed by atoms with E-state index in [4.69, 9.17) is 0 Å². The third kappa shape index (κ3) is 2.72. The second-order valence-corrected chi connectivity index (χ2v) is 5.20. The van der Waals surface area contributed by atoms with Crippen LogP contribution in [0.4, 0.5) is 8.78 Å². The predicted octanol–water partition coefficient (Wildman–Crippen LogP) is 4.13. The molecule has 0 aliphatic heterocycles. The molecule has 0 aliphatic carbocycles. The zero-order chi connectivity index (χ0) is 13.9. The topological polar surface area (TPSA) is 20.2 Å². The Labute approximate surface area is 108 Å². The van der Waals surface area contributed by atoms with Crippen LogP contribution in [0, 0.1) is 18.8 Å². The Morgan fingerprint density at radius 3 is 2.00 bits per heavy atom. The molecule has 2 unspecified atom stereocenters. The van der Waals surface area contributed by atoms with E-state index in [9.17, 15) is 13.9 Å². The molecule has 1 N–H and O–H groups in total. The van der Waals surface area contributed by atoms with Crippen LogP contribution < -0.4 is 0 Å². The van der Waals surface area contributed by atoms with Crippen molar-refractivity contribution in [3.63, 3.8) is 0 Å². The van der Waals surface area contributed by atoms with Gasteiger partial charge in [-0.15, -0.1) is 0 Å². The second kappa shape index (κ2) is 5.79. The highest BCUT2D eigenvalue weighted by Gasteiger charge is 2.44. The first-order valence-electron chi connectivity index (χ1n) is 6.41. The molecule has 0 heterocycles. The minimum atomic E-state index is -2.52. The van der Waals surface area contributed by atoms with Crippen LogP contribution in [0.5, 0.6) is 0 Å². The highest BCUT2D eigenvalue weighted by Crippen LogP contribution is 2.41. The summed E-state index contributed by atoms with van der Waals surface area (Å²) in [6.45, 7) is 7.19. The maximum Gasteiger partial charge on any atom is 0.244 e. The summed E-state index contributed by atoms with van der Waals surface area (Å²) in [5, 5.41) is 10.8. The minimum absolute atomic E-state index is 0.250. The van der Waals surface area contributed by atoms with Gasteiger partial charge in [0, 0.05) is 0 Å². The van der Waals surface area contributed by atoms with Crippen molar-refractivity contribution < 1.29 is 13.9 Å². The molecule has 2 atom stereocenters. The second-order valence-electron chi connectivity index (χ2n) is 5.20. The maximum absolute atomic E-state index is 13.2. The van der Waals surface area contributed by atoms with Gasteiger partial charge >= 0.3 is 0 Å². The number of alkyl halides is 2. The summed E-state index contributed by atoms with van der Waals surface area (Å²) < 4.78 is 26.3. The molecule has 1 nitrogen and oxygen atoms in total. The van der Waals surface area contributed by atoms with Crippen LogP contribution in [0.15, 0.2) is 24.3 Å². The Hall–Kier alpha value is -0.960. The first kappa shape index (κ1) is 15.1. The molecule has 0 fully saturated rings. The average molecular weight is 256 g/mol. The fourth-order valence-electron chi connectivity index (χ4n) is 2.48. The van der Waals surface area contributed by atoms with Crippen molar-refractivity contribution in [1.29, 1.82) is 0 Å². The molecule has 102 valence electrons. The van der Waals surface area contributed by atoms with Crippen molar-refractivity contribution in [2.75, 3.05) is 0 Å². The molecule has 3 heteroatoms. The normalized spacial score (nSPS) is 16.9. The molecule has 0 aliphatic rings. The Morgan fingerprint density at radius 2 is 1.67 bits per heavy atom. The van der Waals surface area contributed by atoms with Crippen LogP contribution in [0.25, 0.3) is 0 Å². The number of halogens is 2. The average Bonchev–Trinajstić information content (AvgIpc) is 2.29. The SMILES string of the molecule is CCC(C(F)F)C(O)(c1ccc(C)cc1)C(C)C. The first-order chi connectivity index (χ1) is 8.33. The van der Waals surface area contributed by atoms with Gasteiger partial charge in [0.15, 0.2) is 0 Å². The molecule has 0 saturated carbocycles. The van der Waals surface area contributed by atoms with Gasteiger partial charge in [-0.25, -0.2) is 8.78 Å². The Balaban J connectivity index is 3.26. The highest BCUT2D eigenvalue weighted by molar-refractivity contribution is 5.28. The van der Waals surface area contributed by atoms with Crippen molar-refractivity contribution in [1.82, 2.24) is 0 Å². The van der Waals surface area contributed by atoms with Gasteiger partial charge in [-0.2, -0.15) is 0 Å². The summed E-state index contributed by atoms with van der Waals surface area (Å²) in [6, 6.07) is 7.20. The van der Waals surface area contributed by atoms with Crippen molar-refractivity contribution in [2.45, 2.75) is 46.1 Å². The van der Waals surface area contributed by atoms with Gasteiger partial charge in [-0.3, -0.25) is 0 Å². The van der Waals surface area contributed by atoms with Crippen molar-refractivity contribution in [3.8, 4) is 0 Å². The molecular weight excluding hydrogens is 234 g/mol. The van der Waals surface area contributed by atoms with Gasteiger partial charge < -0.3 is 5.11 Å². The van der Waals surface area contributed by atoms with Gasteiger partial charge in [-0.05, 0) is 24.8 Å². The van der Waals surface area contributed by atoms with E-state index in [1.54, 1.807) is 32.9 Å². The molecule has 1 rings (SSSR count). The highest BCUT2D eigenvalue weighted by atomic mass is 19.3. The van der Waals surface area contributed by atoms with E-state index >= 15 is 0 Å². The zero-order valence-corrected chi connectivity index (χ0v) is 11.5. The number of aryl methyl sites for hydroxylation is 1. The van der Waals surface area contributed by atoms with E-state index in [0.717, 1.165) is 5.56 Å². The zero-order valence-electron chi connectivity index (χ0n) is 11.5. The van der Waals surface area contributed by atoms with Crippen molar-refractivity contribution in [2.24, 2.45) is 11.8 Å². The fraction of sp³-hybridized carbons (Fsp3) is 0.600. The molecule has 1 aromatic carbocycles. The van der Waals surface area contributed by atoms with Gasteiger partial charge in [0.25, 0.3) is 0 Å². The predicted molar refractivity (Wildman–Crippen MR) is 69.7 cm³/mol. The molecule has 1 aromatic rings. The maximum atomic E-state index is 13.2. The Bertz CT molecular complexity index is 373. The monoisotopic (exact) mass is 256 g/mol. The van der Waals surface area contributed by atoms with E-state index < -0.39 is 17.9 Å². The van der Waals surface area contributed by atoms with E-state index in [-0.39, 0.29) is 12.3 Å². The lowest BCUT2D eigenvalue weighted by Crippen LogP contribution is -2.43. The fourth-order valence-corrected chi connectivity index (χ4v) is 2.48. The number of benzene rings is 1. The number of rotatable bonds is 5. The van der Waals surface area contributed by atoms with Gasteiger partial charge in [0.05, 0.1) is 5.92 Å². The molecular formula is C15H22F2O. The molecule has 0 radical (unpaired) electrons. The summed E-state index contributed by atoms with van der Waals surface area (Å²) in [7, 11) is 0. The van der Waals surface area contributed by atoms with Crippen LogP contribution in [-0.2, 0) is 5.60 Å². The van der Waals surface area contributed by atoms with Crippen molar-refractivity contribution in [3.05, 3.63) is 35.4 Å². The lowest BCUT2D eigenvalue weighted by molar-refractivity contribution is -0.121. The van der Waals surface area contributed by atoms with Crippen molar-refractivity contribution >= 4 is 0 Å². The van der Waals surface area contributed by atoms with E-state index in [1.807, 2.05) is 19.1 Å². The quantitative estimate of drug-likeness (QED) is 0.839. The number of aliphatic hydroxyl groups is 1. The van der Waals surface area contributed by atoms with E-state index in [1.165, 1.54) is 0 Å². The molecule has 18 heavy (non-hydrogen) atoms. The van der Waals surface area contributed by atoms with Gasteiger partial charge in [0.2, 0.25) is 6.43 Å². The van der Waals surface area contributed by atoms with Gasteiger partial charge in [0.1, 0.15) is 5.60 Å². The molecule has 0 spiro atoms. The smallest absolute Gasteiger partial charge is 0.244 e. The summed E-state index contributed by atoms with van der Waals surface area (Å²) >= 11 is 0. The summed E-state index contributed by atoms with van der Waals surface area (Å²) in [4.78, 5) is 0. The van der Waals surface area contributed by atoms with Crippen LogP contribution in [0.2, 0.25) is 0 Å². The largest absolute Gasteiger partial charge is 0.384 e. The Morgan fingerprint density at radius 1 is 1.17 bits per heavy atom. The summed E-state index contributed by atoms with van der Waals surface area (Å²) in [6.07, 6.45) is -2.27. The first-order valence-corrected chi connectivity index (χ1v) is 6.41. The van der Waals surface area contributed by atoms with Gasteiger partial charge in [-0.1, -0.05) is 50.6 Å². The van der Waals surface area contributed by atoms with Crippen LogP contribution in [0.3, 0.4) is 0 Å². The van der Waals surface area contributed by atoms with E-state index in [0.29, 0.717) is 5.56 Å². The standard InChI is InChI=1S/C15H22F2O/c1-5-13(14(16)17)15(18,10(2)3)12-8-6-11(4)7-9-12/h6-10,13-14,18H,5H2,1-4H3.